The van der Waals surface area contributed by atoms with Gasteiger partial charge in [0, 0.05) is 25.9 Å². The third kappa shape index (κ3) is 2.91. The molecule has 0 aromatic rings. The highest BCUT2D eigenvalue weighted by atomic mass is 16.2. The summed E-state index contributed by atoms with van der Waals surface area (Å²) in [6, 6.07) is -0.670. The van der Waals surface area contributed by atoms with Crippen molar-refractivity contribution >= 4 is 23.6 Å². The van der Waals surface area contributed by atoms with Crippen molar-refractivity contribution in [2.45, 2.75) is 32.2 Å². The molecule has 19 heavy (non-hydrogen) atoms. The number of hydrogen-bond donors (Lipinski definition) is 2. The zero-order chi connectivity index (χ0) is 14.0. The Morgan fingerprint density at radius 3 is 2.74 bits per heavy atom. The molecule has 0 aliphatic carbocycles. The molecule has 0 bridgehead atoms. The van der Waals surface area contributed by atoms with Gasteiger partial charge in [-0.05, 0) is 13.3 Å². The number of hydrogen-bond acceptors (Lipinski definition) is 4. The predicted molar refractivity (Wildman–Crippen MR) is 64.7 cm³/mol. The first-order valence-corrected chi connectivity index (χ1v) is 6.43. The maximum Gasteiger partial charge on any atom is 0.249 e. The molecule has 0 radical (unpaired) electrons. The molecule has 2 heterocycles. The first kappa shape index (κ1) is 13.5. The molecule has 104 valence electrons. The monoisotopic (exact) mass is 267 g/mol. The van der Waals surface area contributed by atoms with E-state index in [1.807, 2.05) is 6.92 Å². The summed E-state index contributed by atoms with van der Waals surface area (Å²) in [5, 5.41) is 4.80. The maximum atomic E-state index is 12.0. The topological polar surface area (TPSA) is 95.6 Å². The number of nitrogens with one attached hydrogen (secondary N) is 2. The molecule has 2 rings (SSSR count). The standard InChI is InChI=1S/C12H17N3O4/c1-2-15-6-7(5-10(15)17)11(18)13-8-3-4-9(16)14-12(8)19/h7-8H,2-6H2,1H3,(H,13,18)(H,14,16,19). The number of nitrogens with zero attached hydrogens (tertiary/aromatic N) is 1. The number of carbonyl (C=O) groups excluding carboxylic acids is 4. The molecule has 4 amide bonds. The minimum Gasteiger partial charge on any atom is -0.344 e. The fraction of sp³-hybridized carbons (Fsp3) is 0.667. The quantitative estimate of drug-likeness (QED) is 0.626. The van der Waals surface area contributed by atoms with Gasteiger partial charge in [-0.15, -0.1) is 0 Å². The van der Waals surface area contributed by atoms with E-state index in [1.165, 1.54) is 0 Å². The van der Waals surface area contributed by atoms with Crippen LogP contribution in [-0.4, -0.2) is 47.7 Å². The Morgan fingerprint density at radius 1 is 1.42 bits per heavy atom. The van der Waals surface area contributed by atoms with Crippen molar-refractivity contribution in [3.8, 4) is 0 Å². The van der Waals surface area contributed by atoms with Gasteiger partial charge in [-0.1, -0.05) is 0 Å². The fourth-order valence-electron chi connectivity index (χ4n) is 2.37. The molecule has 2 saturated heterocycles. The number of piperidine rings is 1. The van der Waals surface area contributed by atoms with E-state index in [4.69, 9.17) is 0 Å². The molecule has 2 aliphatic rings. The molecule has 2 N–H and O–H groups in total. The first-order chi connectivity index (χ1) is 9.01. The number of likely N-dealkylation sites (tertiary alicyclic amines) is 1. The Bertz CT molecular complexity index is 435. The average molecular weight is 267 g/mol. The summed E-state index contributed by atoms with van der Waals surface area (Å²) in [5.74, 6) is -1.52. The van der Waals surface area contributed by atoms with Crippen LogP contribution < -0.4 is 10.6 Å². The van der Waals surface area contributed by atoms with Crippen LogP contribution in [0.3, 0.4) is 0 Å². The minimum atomic E-state index is -0.670. The van der Waals surface area contributed by atoms with Crippen LogP contribution in [0.5, 0.6) is 0 Å². The average Bonchev–Trinajstić information content (AvgIpc) is 2.74. The van der Waals surface area contributed by atoms with Gasteiger partial charge in [0.2, 0.25) is 23.6 Å². The van der Waals surface area contributed by atoms with Gasteiger partial charge in [0.15, 0.2) is 0 Å². The van der Waals surface area contributed by atoms with Crippen LogP contribution in [0.1, 0.15) is 26.2 Å². The number of rotatable bonds is 3. The van der Waals surface area contributed by atoms with E-state index in [-0.39, 0.29) is 30.6 Å². The van der Waals surface area contributed by atoms with Gasteiger partial charge in [-0.25, -0.2) is 0 Å². The Labute approximate surface area is 110 Å². The van der Waals surface area contributed by atoms with E-state index in [1.54, 1.807) is 4.90 Å². The molecule has 0 saturated carbocycles. The van der Waals surface area contributed by atoms with Crippen molar-refractivity contribution in [3.05, 3.63) is 0 Å². The fourth-order valence-corrected chi connectivity index (χ4v) is 2.37. The lowest BCUT2D eigenvalue weighted by Crippen LogP contribution is -2.53. The van der Waals surface area contributed by atoms with Gasteiger partial charge in [-0.2, -0.15) is 0 Å². The Balaban J connectivity index is 1.90. The molecular formula is C12H17N3O4. The van der Waals surface area contributed by atoms with E-state index < -0.39 is 17.9 Å². The van der Waals surface area contributed by atoms with E-state index in [2.05, 4.69) is 10.6 Å². The van der Waals surface area contributed by atoms with E-state index in [9.17, 15) is 19.2 Å². The lowest BCUT2D eigenvalue weighted by atomic mass is 10.0. The molecule has 0 aromatic heterocycles. The van der Waals surface area contributed by atoms with Crippen molar-refractivity contribution in [1.82, 2.24) is 15.5 Å². The van der Waals surface area contributed by atoms with E-state index >= 15 is 0 Å². The van der Waals surface area contributed by atoms with Crippen LogP contribution >= 0.6 is 0 Å². The lowest BCUT2D eigenvalue weighted by Gasteiger charge is -2.23. The second-order valence-electron chi connectivity index (χ2n) is 4.85. The normalized spacial score (nSPS) is 27.4. The second-order valence-corrected chi connectivity index (χ2v) is 4.85. The van der Waals surface area contributed by atoms with Crippen molar-refractivity contribution in [2.75, 3.05) is 13.1 Å². The van der Waals surface area contributed by atoms with Gasteiger partial charge in [0.25, 0.3) is 0 Å². The first-order valence-electron chi connectivity index (χ1n) is 6.43. The highest BCUT2D eigenvalue weighted by Crippen LogP contribution is 2.18. The molecule has 7 heteroatoms. The number of amides is 4. The van der Waals surface area contributed by atoms with Gasteiger partial charge in [0.05, 0.1) is 5.92 Å². The van der Waals surface area contributed by atoms with Crippen LogP contribution in [0.4, 0.5) is 0 Å². The Hall–Kier alpha value is -1.92. The lowest BCUT2D eigenvalue weighted by molar-refractivity contribution is -0.138. The van der Waals surface area contributed by atoms with E-state index in [0.29, 0.717) is 19.5 Å². The summed E-state index contributed by atoms with van der Waals surface area (Å²) in [5.41, 5.74) is 0. The summed E-state index contributed by atoms with van der Waals surface area (Å²) < 4.78 is 0. The second kappa shape index (κ2) is 5.38. The molecule has 2 aliphatic heterocycles. The number of imide groups is 1. The molecular weight excluding hydrogens is 250 g/mol. The van der Waals surface area contributed by atoms with Crippen LogP contribution in [-0.2, 0) is 19.2 Å². The van der Waals surface area contributed by atoms with Crippen LogP contribution in [0.2, 0.25) is 0 Å². The van der Waals surface area contributed by atoms with E-state index in [0.717, 1.165) is 0 Å². The van der Waals surface area contributed by atoms with Gasteiger partial charge in [0.1, 0.15) is 6.04 Å². The van der Waals surface area contributed by atoms with Crippen molar-refractivity contribution in [2.24, 2.45) is 5.92 Å². The molecule has 2 fully saturated rings. The zero-order valence-corrected chi connectivity index (χ0v) is 10.8. The minimum absolute atomic E-state index is 0.0362. The third-order valence-corrected chi connectivity index (χ3v) is 3.52. The molecule has 7 nitrogen and oxygen atoms in total. The predicted octanol–water partition coefficient (Wildman–Crippen LogP) is -1.22. The molecule has 2 atom stereocenters. The molecule has 0 spiro atoms. The summed E-state index contributed by atoms with van der Waals surface area (Å²) >= 11 is 0. The van der Waals surface area contributed by atoms with Crippen molar-refractivity contribution < 1.29 is 19.2 Å². The van der Waals surface area contributed by atoms with Crippen LogP contribution in [0, 0.1) is 5.92 Å². The van der Waals surface area contributed by atoms with Crippen molar-refractivity contribution in [3.63, 3.8) is 0 Å². The summed E-state index contributed by atoms with van der Waals surface area (Å²) in [6.45, 7) is 2.84. The van der Waals surface area contributed by atoms with Crippen LogP contribution in [0.15, 0.2) is 0 Å². The Kier molecular flexibility index (Phi) is 3.82. The Morgan fingerprint density at radius 2 is 2.16 bits per heavy atom. The highest BCUT2D eigenvalue weighted by Gasteiger charge is 2.36. The summed E-state index contributed by atoms with van der Waals surface area (Å²) in [7, 11) is 0. The maximum absolute atomic E-state index is 12.0. The smallest absolute Gasteiger partial charge is 0.249 e. The summed E-state index contributed by atoms with van der Waals surface area (Å²) in [4.78, 5) is 47.7. The largest absolute Gasteiger partial charge is 0.344 e. The molecule has 0 aromatic carbocycles. The third-order valence-electron chi connectivity index (χ3n) is 3.52. The van der Waals surface area contributed by atoms with Gasteiger partial charge < -0.3 is 10.2 Å². The van der Waals surface area contributed by atoms with Crippen LogP contribution in [0.25, 0.3) is 0 Å². The van der Waals surface area contributed by atoms with Gasteiger partial charge >= 0.3 is 0 Å². The number of carbonyl (C=O) groups is 4. The summed E-state index contributed by atoms with van der Waals surface area (Å²) in [6.07, 6.45) is 0.725. The van der Waals surface area contributed by atoms with Gasteiger partial charge in [-0.3, -0.25) is 24.5 Å². The zero-order valence-electron chi connectivity index (χ0n) is 10.8. The van der Waals surface area contributed by atoms with Crippen molar-refractivity contribution in [1.29, 1.82) is 0 Å². The molecule has 2 unspecified atom stereocenters. The highest BCUT2D eigenvalue weighted by molar-refractivity contribution is 6.02. The SMILES string of the molecule is CCN1CC(C(=O)NC2CCC(=O)NC2=O)CC1=O.